The maximum Gasteiger partial charge on any atom is 0.249 e. The zero-order valence-electron chi connectivity index (χ0n) is 15.8. The Balaban J connectivity index is 1.47. The highest BCUT2D eigenvalue weighted by Gasteiger charge is 2.32. The summed E-state index contributed by atoms with van der Waals surface area (Å²) in [6.45, 7) is 5.43. The maximum atomic E-state index is 13.0. The van der Waals surface area contributed by atoms with Gasteiger partial charge < -0.3 is 14.0 Å². The second-order valence-corrected chi connectivity index (χ2v) is 7.42. The van der Waals surface area contributed by atoms with Gasteiger partial charge in [-0.05, 0) is 31.4 Å². The second kappa shape index (κ2) is 7.50. The molecule has 3 aromatic rings. The number of nitrogens with zero attached hydrogens (tertiary/aromatic N) is 5. The van der Waals surface area contributed by atoms with Gasteiger partial charge in [-0.2, -0.15) is 4.98 Å². The Morgan fingerprint density at radius 1 is 1.30 bits per heavy atom. The van der Waals surface area contributed by atoms with E-state index in [-0.39, 0.29) is 17.9 Å². The van der Waals surface area contributed by atoms with Crippen LogP contribution in [0, 0.1) is 0 Å². The van der Waals surface area contributed by atoms with Gasteiger partial charge in [0, 0.05) is 25.4 Å². The summed E-state index contributed by atoms with van der Waals surface area (Å²) in [5, 5.41) is 4.07. The summed E-state index contributed by atoms with van der Waals surface area (Å²) >= 11 is 0. The number of carbonyl (C=O) groups is 1. The molecule has 7 nitrogen and oxygen atoms in total. The molecule has 1 atom stereocenters. The van der Waals surface area contributed by atoms with Crippen molar-refractivity contribution in [1.82, 2.24) is 24.6 Å². The van der Waals surface area contributed by atoms with Crippen LogP contribution in [0.15, 0.2) is 35.1 Å². The predicted octanol–water partition coefficient (Wildman–Crippen LogP) is 3.69. The van der Waals surface area contributed by atoms with Crippen molar-refractivity contribution < 1.29 is 9.32 Å². The third-order valence-electron chi connectivity index (χ3n) is 5.18. The number of imidazole rings is 1. The Bertz CT molecular complexity index is 929. The lowest BCUT2D eigenvalue weighted by molar-refractivity contribution is -0.136. The van der Waals surface area contributed by atoms with E-state index in [0.29, 0.717) is 24.7 Å². The molecule has 1 fully saturated rings. The number of carbonyl (C=O) groups excluding carboxylic acids is 1. The molecule has 7 heteroatoms. The van der Waals surface area contributed by atoms with Gasteiger partial charge in [-0.3, -0.25) is 4.79 Å². The lowest BCUT2D eigenvalue weighted by Crippen LogP contribution is -2.39. The number of likely N-dealkylation sites (tertiary alicyclic amines) is 1. The minimum absolute atomic E-state index is 0.106. The first-order valence-corrected chi connectivity index (χ1v) is 9.66. The lowest BCUT2D eigenvalue weighted by Gasteiger charge is -2.33. The summed E-state index contributed by atoms with van der Waals surface area (Å²) < 4.78 is 7.52. The van der Waals surface area contributed by atoms with Crippen LogP contribution in [0.5, 0.6) is 0 Å². The molecule has 3 heterocycles. The SMILES string of the molecule is CC(C)c1noc([C@@H]2CCCCN2C(=O)CCn2cnc3ccccc32)n1. The van der Waals surface area contributed by atoms with Crippen LogP contribution in [-0.2, 0) is 11.3 Å². The van der Waals surface area contributed by atoms with Crippen molar-refractivity contribution in [2.75, 3.05) is 6.54 Å². The molecule has 27 heavy (non-hydrogen) atoms. The second-order valence-electron chi connectivity index (χ2n) is 7.42. The number of amides is 1. The first kappa shape index (κ1) is 17.7. The van der Waals surface area contributed by atoms with E-state index >= 15 is 0 Å². The molecular formula is C20H25N5O2. The predicted molar refractivity (Wildman–Crippen MR) is 101 cm³/mol. The lowest BCUT2D eigenvalue weighted by atomic mass is 10.0. The maximum absolute atomic E-state index is 13.0. The Morgan fingerprint density at radius 2 is 2.15 bits per heavy atom. The van der Waals surface area contributed by atoms with Crippen LogP contribution in [0.1, 0.15) is 63.2 Å². The molecule has 0 bridgehead atoms. The van der Waals surface area contributed by atoms with Gasteiger partial charge in [-0.1, -0.05) is 31.1 Å². The van der Waals surface area contributed by atoms with E-state index in [9.17, 15) is 4.79 Å². The van der Waals surface area contributed by atoms with Gasteiger partial charge in [0.2, 0.25) is 11.8 Å². The summed E-state index contributed by atoms with van der Waals surface area (Å²) in [6.07, 6.45) is 5.20. The average Bonchev–Trinajstić information content (AvgIpc) is 3.34. The molecule has 0 aliphatic carbocycles. The van der Waals surface area contributed by atoms with Gasteiger partial charge in [0.15, 0.2) is 5.82 Å². The van der Waals surface area contributed by atoms with Gasteiger partial charge in [0.25, 0.3) is 0 Å². The van der Waals surface area contributed by atoms with Crippen LogP contribution in [0.2, 0.25) is 0 Å². The van der Waals surface area contributed by atoms with Crippen molar-refractivity contribution in [3.8, 4) is 0 Å². The van der Waals surface area contributed by atoms with Crippen molar-refractivity contribution >= 4 is 16.9 Å². The van der Waals surface area contributed by atoms with Crippen LogP contribution in [-0.4, -0.2) is 37.0 Å². The summed E-state index contributed by atoms with van der Waals surface area (Å²) in [5.41, 5.74) is 2.01. The molecule has 2 aromatic heterocycles. The summed E-state index contributed by atoms with van der Waals surface area (Å²) in [4.78, 5) is 23.8. The van der Waals surface area contributed by atoms with Gasteiger partial charge in [0.05, 0.1) is 17.4 Å². The van der Waals surface area contributed by atoms with E-state index in [1.54, 1.807) is 6.33 Å². The van der Waals surface area contributed by atoms with Crippen LogP contribution in [0.25, 0.3) is 11.0 Å². The van der Waals surface area contributed by atoms with E-state index in [1.807, 2.05) is 47.6 Å². The van der Waals surface area contributed by atoms with Crippen molar-refractivity contribution in [3.05, 3.63) is 42.3 Å². The first-order valence-electron chi connectivity index (χ1n) is 9.66. The Hall–Kier alpha value is -2.70. The smallest absolute Gasteiger partial charge is 0.249 e. The van der Waals surface area contributed by atoms with Crippen molar-refractivity contribution in [1.29, 1.82) is 0 Å². The fraction of sp³-hybridized carbons (Fsp3) is 0.500. The van der Waals surface area contributed by atoms with E-state index in [2.05, 4.69) is 15.1 Å². The third-order valence-corrected chi connectivity index (χ3v) is 5.18. The van der Waals surface area contributed by atoms with Crippen LogP contribution in [0.3, 0.4) is 0 Å². The minimum atomic E-state index is -0.106. The number of fused-ring (bicyclic) bond motifs is 1. The van der Waals surface area contributed by atoms with Crippen molar-refractivity contribution in [2.45, 2.75) is 58.0 Å². The number of hydrogen-bond acceptors (Lipinski definition) is 5. The number of hydrogen-bond donors (Lipinski definition) is 0. The number of rotatable bonds is 5. The molecule has 1 amide bonds. The van der Waals surface area contributed by atoms with Crippen LogP contribution < -0.4 is 0 Å². The van der Waals surface area contributed by atoms with Gasteiger partial charge in [0.1, 0.15) is 6.04 Å². The van der Waals surface area contributed by atoms with E-state index < -0.39 is 0 Å². The highest BCUT2D eigenvalue weighted by Crippen LogP contribution is 2.31. The molecule has 1 aliphatic rings. The minimum Gasteiger partial charge on any atom is -0.337 e. The molecule has 0 saturated carbocycles. The first-order chi connectivity index (χ1) is 13.1. The molecule has 1 aliphatic heterocycles. The number of para-hydroxylation sites is 2. The fourth-order valence-corrected chi connectivity index (χ4v) is 3.65. The van der Waals surface area contributed by atoms with Crippen molar-refractivity contribution in [2.24, 2.45) is 0 Å². The van der Waals surface area contributed by atoms with E-state index in [4.69, 9.17) is 4.52 Å². The van der Waals surface area contributed by atoms with Gasteiger partial charge in [-0.25, -0.2) is 4.98 Å². The molecule has 4 rings (SSSR count). The highest BCUT2D eigenvalue weighted by atomic mass is 16.5. The Kier molecular flexibility index (Phi) is 4.92. The van der Waals surface area contributed by atoms with Crippen LogP contribution in [0.4, 0.5) is 0 Å². The monoisotopic (exact) mass is 367 g/mol. The molecule has 0 spiro atoms. The van der Waals surface area contributed by atoms with Gasteiger partial charge >= 0.3 is 0 Å². The molecule has 142 valence electrons. The van der Waals surface area contributed by atoms with E-state index in [1.165, 1.54) is 0 Å². The number of aryl methyl sites for hydroxylation is 1. The summed E-state index contributed by atoms with van der Waals surface area (Å²) in [7, 11) is 0. The van der Waals surface area contributed by atoms with Crippen molar-refractivity contribution in [3.63, 3.8) is 0 Å². The van der Waals surface area contributed by atoms with E-state index in [0.717, 1.165) is 36.8 Å². The number of aromatic nitrogens is 4. The zero-order chi connectivity index (χ0) is 18.8. The number of piperidine rings is 1. The normalized spacial score (nSPS) is 17.7. The molecule has 1 saturated heterocycles. The summed E-state index contributed by atoms with van der Waals surface area (Å²) in [6, 6.07) is 7.87. The standard InChI is InChI=1S/C20H25N5O2/c1-14(2)19-22-20(27-23-19)17-9-5-6-11-25(17)18(26)10-12-24-13-21-15-7-3-4-8-16(15)24/h3-4,7-8,13-14,17H,5-6,9-12H2,1-2H3/t17-/m0/s1. The summed E-state index contributed by atoms with van der Waals surface area (Å²) in [5.74, 6) is 1.61. The highest BCUT2D eigenvalue weighted by molar-refractivity contribution is 5.78. The Morgan fingerprint density at radius 3 is 2.96 bits per heavy atom. The van der Waals surface area contributed by atoms with Crippen LogP contribution >= 0.6 is 0 Å². The largest absolute Gasteiger partial charge is 0.337 e. The molecule has 1 aromatic carbocycles. The quantitative estimate of drug-likeness (QED) is 0.687. The molecule has 0 N–H and O–H groups in total. The average molecular weight is 367 g/mol. The fourth-order valence-electron chi connectivity index (χ4n) is 3.65. The molecule has 0 radical (unpaired) electrons. The third kappa shape index (κ3) is 3.59. The molecular weight excluding hydrogens is 342 g/mol. The topological polar surface area (TPSA) is 77.0 Å². The zero-order valence-corrected chi connectivity index (χ0v) is 15.8. The van der Waals surface area contributed by atoms with Gasteiger partial charge in [-0.15, -0.1) is 0 Å². The molecule has 0 unspecified atom stereocenters. The number of benzene rings is 1. The Labute approximate surface area is 158 Å².